The Morgan fingerprint density at radius 1 is 1.27 bits per heavy atom. The molecule has 1 aliphatic rings. The molecule has 3 rings (SSSR count). The Kier molecular flexibility index (Phi) is 7.72. The number of halogens is 1. The van der Waals surface area contributed by atoms with E-state index in [1.165, 1.54) is 15.8 Å². The van der Waals surface area contributed by atoms with Gasteiger partial charge in [0.25, 0.3) is 5.91 Å². The third kappa shape index (κ3) is 5.99. The lowest BCUT2D eigenvalue weighted by molar-refractivity contribution is 0.0945. The van der Waals surface area contributed by atoms with Crippen LogP contribution < -0.4 is 10.6 Å². The first-order chi connectivity index (χ1) is 14.6. The lowest BCUT2D eigenvalue weighted by atomic mass is 10.2. The molecule has 9 nitrogen and oxygen atoms in total. The first kappa shape index (κ1) is 21.7. The number of nitrogens with zero attached hydrogens (tertiary/aromatic N) is 4. The zero-order valence-electron chi connectivity index (χ0n) is 17.0. The maximum absolute atomic E-state index is 14.0. The molecule has 1 saturated heterocycles. The molecule has 2 aromatic rings. The van der Waals surface area contributed by atoms with Crippen LogP contribution in [-0.2, 0) is 17.8 Å². The summed E-state index contributed by atoms with van der Waals surface area (Å²) in [5, 5.41) is 13.4. The van der Waals surface area contributed by atoms with Crippen LogP contribution in [0.4, 0.5) is 9.18 Å². The van der Waals surface area contributed by atoms with E-state index in [0.29, 0.717) is 26.1 Å². The molecule has 2 heterocycles. The second kappa shape index (κ2) is 10.7. The second-order valence-electron chi connectivity index (χ2n) is 7.21. The van der Waals surface area contributed by atoms with E-state index in [0.717, 1.165) is 5.56 Å². The molecule has 3 amide bonds. The van der Waals surface area contributed by atoms with Gasteiger partial charge in [0.15, 0.2) is 5.69 Å². The molecule has 0 radical (unpaired) electrons. The summed E-state index contributed by atoms with van der Waals surface area (Å²) < 4.78 is 20.4. The molecular formula is C20H27FN6O3. The van der Waals surface area contributed by atoms with E-state index in [1.54, 1.807) is 7.11 Å². The summed E-state index contributed by atoms with van der Waals surface area (Å²) in [5.41, 5.74) is 1.15. The molecule has 2 N–H and O–H groups in total. The Labute approximate surface area is 174 Å². The molecule has 1 aromatic carbocycles. The number of alkyl halides is 1. The molecule has 0 bridgehead atoms. The van der Waals surface area contributed by atoms with Crippen LogP contribution in [0, 0.1) is 0 Å². The highest BCUT2D eigenvalue weighted by Gasteiger charge is 2.35. The smallest absolute Gasteiger partial charge is 0.317 e. The van der Waals surface area contributed by atoms with Crippen LogP contribution in [0.3, 0.4) is 0 Å². The zero-order chi connectivity index (χ0) is 21.3. The van der Waals surface area contributed by atoms with Crippen molar-refractivity contribution in [1.82, 2.24) is 30.5 Å². The number of carbonyl (C=O) groups is 2. The standard InChI is InChI=1S/C20H27FN6O3/c1-30-9-5-8-22-20(29)27-12-16(21)10-17(27)13-26-14-18(24-25-26)19(28)23-11-15-6-3-2-4-7-15/h2-4,6-7,14,16-17H,5,8-13H2,1H3,(H,22,29)(H,23,28)/t16-,17-/m0/s1. The summed E-state index contributed by atoms with van der Waals surface area (Å²) in [6.45, 7) is 1.70. The normalized spacial score (nSPS) is 18.4. The fourth-order valence-electron chi connectivity index (χ4n) is 3.37. The minimum absolute atomic E-state index is 0.0416. The van der Waals surface area contributed by atoms with Crippen LogP contribution >= 0.6 is 0 Å². The van der Waals surface area contributed by atoms with Gasteiger partial charge in [0.2, 0.25) is 0 Å². The van der Waals surface area contributed by atoms with Crippen molar-refractivity contribution >= 4 is 11.9 Å². The first-order valence-electron chi connectivity index (χ1n) is 9.96. The maximum Gasteiger partial charge on any atom is 0.317 e. The van der Waals surface area contributed by atoms with Gasteiger partial charge >= 0.3 is 6.03 Å². The van der Waals surface area contributed by atoms with Crippen molar-refractivity contribution in [3.05, 3.63) is 47.8 Å². The number of carbonyl (C=O) groups excluding carboxylic acids is 2. The molecule has 162 valence electrons. The van der Waals surface area contributed by atoms with Crippen LogP contribution in [0.1, 0.15) is 28.9 Å². The molecule has 1 aliphatic heterocycles. The maximum atomic E-state index is 14.0. The van der Waals surface area contributed by atoms with Gasteiger partial charge in [-0.15, -0.1) is 5.10 Å². The Morgan fingerprint density at radius 2 is 2.07 bits per heavy atom. The SMILES string of the molecule is COCCCNC(=O)N1C[C@@H](F)C[C@H]1Cn1cc(C(=O)NCc2ccccc2)nn1. The van der Waals surface area contributed by atoms with Crippen LogP contribution in [-0.4, -0.2) is 70.9 Å². The van der Waals surface area contributed by atoms with Gasteiger partial charge < -0.3 is 20.3 Å². The molecule has 0 spiro atoms. The zero-order valence-corrected chi connectivity index (χ0v) is 17.0. The summed E-state index contributed by atoms with van der Waals surface area (Å²) >= 11 is 0. The summed E-state index contributed by atoms with van der Waals surface area (Å²) in [6, 6.07) is 8.87. The summed E-state index contributed by atoms with van der Waals surface area (Å²) in [6.07, 6.45) is 1.34. The topological polar surface area (TPSA) is 101 Å². The average Bonchev–Trinajstić information content (AvgIpc) is 3.37. The molecule has 1 aromatic heterocycles. The Morgan fingerprint density at radius 3 is 2.83 bits per heavy atom. The molecule has 0 aliphatic carbocycles. The van der Waals surface area contributed by atoms with E-state index < -0.39 is 6.17 Å². The van der Waals surface area contributed by atoms with Gasteiger partial charge in [-0.3, -0.25) is 4.79 Å². The van der Waals surface area contributed by atoms with E-state index in [9.17, 15) is 14.0 Å². The van der Waals surface area contributed by atoms with E-state index in [-0.39, 0.29) is 43.2 Å². The van der Waals surface area contributed by atoms with Crippen molar-refractivity contribution in [2.24, 2.45) is 0 Å². The number of amides is 3. The minimum atomic E-state index is -1.09. The minimum Gasteiger partial charge on any atom is -0.385 e. The van der Waals surface area contributed by atoms with Crippen molar-refractivity contribution in [2.45, 2.75) is 38.1 Å². The highest BCUT2D eigenvalue weighted by Crippen LogP contribution is 2.21. The number of urea groups is 1. The van der Waals surface area contributed by atoms with E-state index >= 15 is 0 Å². The summed E-state index contributed by atoms with van der Waals surface area (Å²) in [4.78, 5) is 26.2. The number of rotatable bonds is 9. The number of ether oxygens (including phenoxy) is 1. The van der Waals surface area contributed by atoms with Gasteiger partial charge in [-0.1, -0.05) is 35.5 Å². The Balaban J connectivity index is 1.53. The molecule has 0 unspecified atom stereocenters. The molecular weight excluding hydrogens is 391 g/mol. The van der Waals surface area contributed by atoms with Crippen molar-refractivity contribution < 1.29 is 18.7 Å². The van der Waals surface area contributed by atoms with Crippen molar-refractivity contribution in [3.63, 3.8) is 0 Å². The largest absolute Gasteiger partial charge is 0.385 e. The summed E-state index contributed by atoms with van der Waals surface area (Å²) in [7, 11) is 1.60. The van der Waals surface area contributed by atoms with Crippen molar-refractivity contribution in [3.8, 4) is 0 Å². The lowest BCUT2D eigenvalue weighted by Gasteiger charge is -2.24. The van der Waals surface area contributed by atoms with Gasteiger partial charge in [0.1, 0.15) is 6.17 Å². The Hall–Kier alpha value is -3.01. The third-order valence-corrected chi connectivity index (χ3v) is 4.89. The molecule has 2 atom stereocenters. The number of hydrogen-bond donors (Lipinski definition) is 2. The molecule has 0 saturated carbocycles. The number of methoxy groups -OCH3 is 1. The predicted octanol–water partition coefficient (Wildman–Crippen LogP) is 1.37. The van der Waals surface area contributed by atoms with Crippen LogP contribution in [0.15, 0.2) is 36.5 Å². The van der Waals surface area contributed by atoms with Gasteiger partial charge in [0.05, 0.1) is 25.3 Å². The highest BCUT2D eigenvalue weighted by molar-refractivity contribution is 5.91. The van der Waals surface area contributed by atoms with Gasteiger partial charge in [0, 0.05) is 33.2 Å². The second-order valence-corrected chi connectivity index (χ2v) is 7.21. The fraction of sp³-hybridized carbons (Fsp3) is 0.500. The monoisotopic (exact) mass is 418 g/mol. The fourth-order valence-corrected chi connectivity index (χ4v) is 3.37. The van der Waals surface area contributed by atoms with Crippen LogP contribution in [0.25, 0.3) is 0 Å². The van der Waals surface area contributed by atoms with E-state index in [1.807, 2.05) is 30.3 Å². The first-order valence-corrected chi connectivity index (χ1v) is 9.96. The molecule has 1 fully saturated rings. The molecule has 10 heteroatoms. The van der Waals surface area contributed by atoms with Crippen LogP contribution in [0.2, 0.25) is 0 Å². The van der Waals surface area contributed by atoms with Gasteiger partial charge in [-0.25, -0.2) is 13.9 Å². The van der Waals surface area contributed by atoms with E-state index in [2.05, 4.69) is 20.9 Å². The number of likely N-dealkylation sites (tertiary alicyclic amines) is 1. The van der Waals surface area contributed by atoms with Crippen molar-refractivity contribution in [2.75, 3.05) is 26.8 Å². The predicted molar refractivity (Wildman–Crippen MR) is 108 cm³/mol. The Bertz CT molecular complexity index is 831. The van der Waals surface area contributed by atoms with Gasteiger partial charge in [-0.05, 0) is 12.0 Å². The van der Waals surface area contributed by atoms with Crippen molar-refractivity contribution in [1.29, 1.82) is 0 Å². The quantitative estimate of drug-likeness (QED) is 0.599. The number of benzene rings is 1. The number of nitrogens with one attached hydrogen (secondary N) is 2. The van der Waals surface area contributed by atoms with Gasteiger partial charge in [-0.2, -0.15) is 0 Å². The number of aromatic nitrogens is 3. The number of hydrogen-bond acceptors (Lipinski definition) is 5. The third-order valence-electron chi connectivity index (χ3n) is 4.89. The lowest BCUT2D eigenvalue weighted by Crippen LogP contribution is -2.45. The van der Waals surface area contributed by atoms with Crippen LogP contribution in [0.5, 0.6) is 0 Å². The summed E-state index contributed by atoms with van der Waals surface area (Å²) in [5.74, 6) is -0.340. The molecule has 30 heavy (non-hydrogen) atoms. The average molecular weight is 418 g/mol. The highest BCUT2D eigenvalue weighted by atomic mass is 19.1. The van der Waals surface area contributed by atoms with E-state index in [4.69, 9.17) is 4.74 Å².